The summed E-state index contributed by atoms with van der Waals surface area (Å²) in [6.45, 7) is 5.78. The van der Waals surface area contributed by atoms with Crippen LogP contribution >= 0.6 is 0 Å². The molecule has 0 aromatic heterocycles. The van der Waals surface area contributed by atoms with Crippen LogP contribution in [0.2, 0.25) is 0 Å². The molecule has 4 rings (SSSR count). The summed E-state index contributed by atoms with van der Waals surface area (Å²) < 4.78 is 5.69. The number of ether oxygens (including phenoxy) is 1. The summed E-state index contributed by atoms with van der Waals surface area (Å²) in [7, 11) is 0. The number of carbonyl (C=O) groups is 1. The number of rotatable bonds is 3. The maximum atomic E-state index is 11.8. The predicted molar refractivity (Wildman–Crippen MR) is 74.7 cm³/mol. The van der Waals surface area contributed by atoms with Gasteiger partial charge in [0.1, 0.15) is 6.10 Å². The van der Waals surface area contributed by atoms with Gasteiger partial charge in [0.05, 0.1) is 0 Å². The fourth-order valence-electron chi connectivity index (χ4n) is 6.26. The van der Waals surface area contributed by atoms with Crippen molar-refractivity contribution in [2.45, 2.75) is 38.7 Å². The molecule has 0 aromatic rings. The molecule has 0 saturated heterocycles. The summed E-state index contributed by atoms with van der Waals surface area (Å²) in [6, 6.07) is 0. The third-order valence-electron chi connectivity index (χ3n) is 6.74. The fourth-order valence-corrected chi connectivity index (χ4v) is 6.26. The number of aliphatic hydroxyl groups is 1. The van der Waals surface area contributed by atoms with Crippen molar-refractivity contribution in [1.29, 1.82) is 0 Å². The highest BCUT2D eigenvalue weighted by molar-refractivity contribution is 5.87. The number of fused-ring (bicyclic) bond motifs is 9. The molecule has 20 heavy (non-hydrogen) atoms. The fraction of sp³-hybridized carbons (Fsp3) is 0.824. The van der Waals surface area contributed by atoms with Crippen LogP contribution < -0.4 is 0 Å². The van der Waals surface area contributed by atoms with E-state index < -0.39 is 0 Å². The van der Waals surface area contributed by atoms with Crippen LogP contribution in [-0.2, 0) is 9.53 Å². The van der Waals surface area contributed by atoms with E-state index in [1.807, 2.05) is 0 Å². The van der Waals surface area contributed by atoms with Crippen LogP contribution in [-0.4, -0.2) is 23.8 Å². The number of esters is 1. The van der Waals surface area contributed by atoms with Gasteiger partial charge in [-0.25, -0.2) is 4.79 Å². The van der Waals surface area contributed by atoms with Crippen molar-refractivity contribution in [3.63, 3.8) is 0 Å². The Morgan fingerprint density at radius 1 is 1.15 bits per heavy atom. The number of aliphatic hydroxyl groups excluding tert-OH is 1. The number of hydrogen-bond donors (Lipinski definition) is 1. The van der Waals surface area contributed by atoms with Crippen molar-refractivity contribution in [1.82, 2.24) is 0 Å². The van der Waals surface area contributed by atoms with E-state index in [1.165, 1.54) is 19.3 Å². The first-order chi connectivity index (χ1) is 9.60. The Labute approximate surface area is 120 Å². The second-order valence-corrected chi connectivity index (χ2v) is 7.61. The summed E-state index contributed by atoms with van der Waals surface area (Å²) in [5.74, 6) is 4.78. The van der Waals surface area contributed by atoms with Crippen LogP contribution in [0, 0.1) is 41.4 Å². The van der Waals surface area contributed by atoms with Crippen molar-refractivity contribution in [3.05, 3.63) is 12.2 Å². The van der Waals surface area contributed by atoms with E-state index in [4.69, 9.17) is 4.74 Å². The maximum absolute atomic E-state index is 11.8. The minimum absolute atomic E-state index is 0.136. The van der Waals surface area contributed by atoms with Gasteiger partial charge in [-0.05, 0) is 74.0 Å². The quantitative estimate of drug-likeness (QED) is 0.489. The van der Waals surface area contributed by atoms with Crippen LogP contribution in [0.5, 0.6) is 0 Å². The Hall–Kier alpha value is -0.830. The first-order valence-electron chi connectivity index (χ1n) is 8.07. The first kappa shape index (κ1) is 12.9. The van der Waals surface area contributed by atoms with E-state index in [0.29, 0.717) is 24.0 Å². The van der Waals surface area contributed by atoms with Gasteiger partial charge in [-0.3, -0.25) is 0 Å². The van der Waals surface area contributed by atoms with E-state index in [9.17, 15) is 9.90 Å². The summed E-state index contributed by atoms with van der Waals surface area (Å²) in [6.07, 6.45) is 4.94. The van der Waals surface area contributed by atoms with Gasteiger partial charge in [-0.15, -0.1) is 0 Å². The van der Waals surface area contributed by atoms with Gasteiger partial charge < -0.3 is 9.84 Å². The monoisotopic (exact) mass is 276 g/mol. The van der Waals surface area contributed by atoms with Crippen LogP contribution in [0.15, 0.2) is 12.2 Å². The molecule has 7 unspecified atom stereocenters. The average molecular weight is 276 g/mol. The van der Waals surface area contributed by atoms with Gasteiger partial charge in [-0.2, -0.15) is 0 Å². The molecule has 4 aliphatic carbocycles. The van der Waals surface area contributed by atoms with E-state index in [1.54, 1.807) is 6.92 Å². The Bertz CT molecular complexity index is 457. The highest BCUT2D eigenvalue weighted by atomic mass is 16.5. The molecule has 110 valence electrons. The van der Waals surface area contributed by atoms with E-state index in [0.717, 1.165) is 36.0 Å². The van der Waals surface area contributed by atoms with Crippen molar-refractivity contribution >= 4 is 5.97 Å². The van der Waals surface area contributed by atoms with Crippen LogP contribution in [0.3, 0.4) is 0 Å². The zero-order valence-electron chi connectivity index (χ0n) is 12.1. The minimum atomic E-state index is -0.213. The predicted octanol–water partition coefficient (Wildman–Crippen LogP) is 2.39. The van der Waals surface area contributed by atoms with Gasteiger partial charge in [-0.1, -0.05) is 6.58 Å². The van der Waals surface area contributed by atoms with Gasteiger partial charge >= 0.3 is 5.97 Å². The molecule has 0 radical (unpaired) electrons. The lowest BCUT2D eigenvalue weighted by molar-refractivity contribution is -0.149. The van der Waals surface area contributed by atoms with Crippen molar-refractivity contribution in [3.8, 4) is 0 Å². The number of carbonyl (C=O) groups excluding carboxylic acids is 1. The highest BCUT2D eigenvalue weighted by Crippen LogP contribution is 2.69. The molecular weight excluding hydrogens is 252 g/mol. The smallest absolute Gasteiger partial charge is 0.333 e. The molecule has 3 nitrogen and oxygen atoms in total. The first-order valence-corrected chi connectivity index (χ1v) is 8.07. The Morgan fingerprint density at radius 2 is 1.80 bits per heavy atom. The summed E-state index contributed by atoms with van der Waals surface area (Å²) >= 11 is 0. The molecule has 4 bridgehead atoms. The largest absolute Gasteiger partial charge is 0.459 e. The highest BCUT2D eigenvalue weighted by Gasteiger charge is 2.65. The molecule has 4 saturated carbocycles. The molecule has 0 amide bonds. The van der Waals surface area contributed by atoms with Crippen molar-refractivity contribution in [2.24, 2.45) is 41.4 Å². The SMILES string of the molecule is C=C(C)C(=O)OC1CC2CC1C1C2C2C[C@H]1CC2CO. The van der Waals surface area contributed by atoms with Gasteiger partial charge in [0.2, 0.25) is 0 Å². The second kappa shape index (κ2) is 4.33. The van der Waals surface area contributed by atoms with E-state index in [2.05, 4.69) is 6.58 Å². The van der Waals surface area contributed by atoms with Crippen LogP contribution in [0.4, 0.5) is 0 Å². The average Bonchev–Trinajstić information content (AvgIpc) is 3.14. The lowest BCUT2D eigenvalue weighted by Crippen LogP contribution is -2.40. The molecule has 3 heteroatoms. The molecule has 0 heterocycles. The lowest BCUT2D eigenvalue weighted by atomic mass is 9.67. The number of hydrogen-bond acceptors (Lipinski definition) is 3. The van der Waals surface area contributed by atoms with Crippen molar-refractivity contribution in [2.75, 3.05) is 6.61 Å². The third kappa shape index (κ3) is 1.59. The van der Waals surface area contributed by atoms with E-state index >= 15 is 0 Å². The molecule has 8 atom stereocenters. The molecule has 0 aromatic carbocycles. The maximum Gasteiger partial charge on any atom is 0.333 e. The van der Waals surface area contributed by atoms with E-state index in [-0.39, 0.29) is 12.1 Å². The molecule has 0 aliphatic heterocycles. The Balaban J connectivity index is 1.50. The summed E-state index contributed by atoms with van der Waals surface area (Å²) in [5.41, 5.74) is 0.512. The molecular formula is C17H24O3. The molecule has 0 spiro atoms. The summed E-state index contributed by atoms with van der Waals surface area (Å²) in [5, 5.41) is 9.53. The molecule has 4 aliphatic rings. The zero-order chi connectivity index (χ0) is 14.0. The minimum Gasteiger partial charge on any atom is -0.459 e. The zero-order valence-corrected chi connectivity index (χ0v) is 12.1. The third-order valence-corrected chi connectivity index (χ3v) is 6.74. The topological polar surface area (TPSA) is 46.5 Å². The second-order valence-electron chi connectivity index (χ2n) is 7.61. The Kier molecular flexibility index (Phi) is 2.79. The van der Waals surface area contributed by atoms with Gasteiger partial charge in [0.15, 0.2) is 0 Å². The van der Waals surface area contributed by atoms with Gasteiger partial charge in [0.25, 0.3) is 0 Å². The lowest BCUT2D eigenvalue weighted by Gasteiger charge is -2.40. The van der Waals surface area contributed by atoms with Gasteiger partial charge in [0, 0.05) is 12.2 Å². The Morgan fingerprint density at radius 3 is 2.50 bits per heavy atom. The van der Waals surface area contributed by atoms with Crippen molar-refractivity contribution < 1.29 is 14.6 Å². The molecule has 1 N–H and O–H groups in total. The molecule has 4 fully saturated rings. The normalized spacial score (nSPS) is 51.3. The van der Waals surface area contributed by atoms with Crippen LogP contribution in [0.1, 0.15) is 32.6 Å². The standard InChI is InChI=1S/C17H24O3/c1-8(2)17(19)20-14-6-10-5-13(14)16-9-3-11(7-18)12(4-9)15(10)16/h9-16,18H,1,3-7H2,2H3/t9-,10?,11?,12?,13?,14?,15?,16?/m1/s1. The summed E-state index contributed by atoms with van der Waals surface area (Å²) in [4.78, 5) is 11.8. The van der Waals surface area contributed by atoms with Crippen LogP contribution in [0.25, 0.3) is 0 Å².